The van der Waals surface area contributed by atoms with Gasteiger partial charge in [0.15, 0.2) is 0 Å². The number of nitriles is 1. The Morgan fingerprint density at radius 2 is 2.35 bits per heavy atom. The van der Waals surface area contributed by atoms with Crippen LogP contribution < -0.4 is 5.32 Å². The van der Waals surface area contributed by atoms with Crippen molar-refractivity contribution in [1.82, 2.24) is 9.78 Å². The van der Waals surface area contributed by atoms with E-state index in [1.54, 1.807) is 16.9 Å². The lowest BCUT2D eigenvalue weighted by molar-refractivity contribution is 0.623. The number of benzene rings is 1. The highest BCUT2D eigenvalue weighted by Gasteiger charge is 2.01. The predicted molar refractivity (Wildman–Crippen MR) is 61.8 cm³/mol. The second-order valence-corrected chi connectivity index (χ2v) is 3.50. The highest BCUT2D eigenvalue weighted by molar-refractivity contribution is 5.49. The molecule has 0 spiro atoms. The van der Waals surface area contributed by atoms with Crippen molar-refractivity contribution in [1.29, 1.82) is 5.26 Å². The molecule has 2 aromatic rings. The SMILES string of the molecule is N#Cc1cc(NCCn2cccn2)ccc1F. The van der Waals surface area contributed by atoms with Crippen LogP contribution in [0.4, 0.5) is 10.1 Å². The fourth-order valence-corrected chi connectivity index (χ4v) is 1.47. The Labute approximate surface area is 98.3 Å². The molecule has 0 atom stereocenters. The molecule has 0 aliphatic carbocycles. The molecule has 4 nitrogen and oxygen atoms in total. The minimum atomic E-state index is -0.495. The summed E-state index contributed by atoms with van der Waals surface area (Å²) in [5.41, 5.74) is 0.782. The Balaban J connectivity index is 1.93. The summed E-state index contributed by atoms with van der Waals surface area (Å²) in [4.78, 5) is 0. The third kappa shape index (κ3) is 2.82. The van der Waals surface area contributed by atoms with Gasteiger partial charge in [0, 0.05) is 24.6 Å². The quantitative estimate of drug-likeness (QED) is 0.874. The maximum absolute atomic E-state index is 13.1. The lowest BCUT2D eigenvalue weighted by atomic mass is 10.2. The first-order chi connectivity index (χ1) is 8.29. The van der Waals surface area contributed by atoms with Gasteiger partial charge in [0.25, 0.3) is 0 Å². The third-order valence-electron chi connectivity index (χ3n) is 2.32. The van der Waals surface area contributed by atoms with Crippen LogP contribution in [0.1, 0.15) is 5.56 Å². The molecule has 0 radical (unpaired) electrons. The average molecular weight is 230 g/mol. The molecule has 0 fully saturated rings. The molecule has 1 N–H and O–H groups in total. The monoisotopic (exact) mass is 230 g/mol. The van der Waals surface area contributed by atoms with E-state index >= 15 is 0 Å². The van der Waals surface area contributed by atoms with Gasteiger partial charge in [0.1, 0.15) is 11.9 Å². The minimum absolute atomic E-state index is 0.0501. The van der Waals surface area contributed by atoms with Gasteiger partial charge in [-0.25, -0.2) is 4.39 Å². The fourth-order valence-electron chi connectivity index (χ4n) is 1.47. The third-order valence-corrected chi connectivity index (χ3v) is 2.32. The van der Waals surface area contributed by atoms with Crippen LogP contribution in [0.5, 0.6) is 0 Å². The van der Waals surface area contributed by atoms with E-state index < -0.39 is 5.82 Å². The minimum Gasteiger partial charge on any atom is -0.383 e. The van der Waals surface area contributed by atoms with E-state index in [0.29, 0.717) is 13.1 Å². The molecule has 0 aliphatic rings. The number of halogens is 1. The van der Waals surface area contributed by atoms with Gasteiger partial charge in [-0.1, -0.05) is 0 Å². The summed E-state index contributed by atoms with van der Waals surface area (Å²) in [5.74, 6) is -0.495. The smallest absolute Gasteiger partial charge is 0.141 e. The zero-order chi connectivity index (χ0) is 12.1. The second kappa shape index (κ2) is 5.12. The maximum atomic E-state index is 13.1. The van der Waals surface area contributed by atoms with Crippen LogP contribution in [0.25, 0.3) is 0 Å². The Bertz CT molecular complexity index is 528. The summed E-state index contributed by atoms with van der Waals surface area (Å²) in [6.07, 6.45) is 3.58. The topological polar surface area (TPSA) is 53.6 Å². The highest BCUT2D eigenvalue weighted by Crippen LogP contribution is 2.13. The van der Waals surface area contributed by atoms with Crippen LogP contribution in [0.3, 0.4) is 0 Å². The molecular weight excluding hydrogens is 219 g/mol. The van der Waals surface area contributed by atoms with Crippen molar-refractivity contribution in [3.8, 4) is 6.07 Å². The Morgan fingerprint density at radius 1 is 1.47 bits per heavy atom. The molecule has 0 saturated heterocycles. The van der Waals surface area contributed by atoms with Gasteiger partial charge in [-0.2, -0.15) is 10.4 Å². The number of anilines is 1. The number of nitrogens with zero attached hydrogens (tertiary/aromatic N) is 3. The average Bonchev–Trinajstić information content (AvgIpc) is 2.84. The molecule has 5 heteroatoms. The molecule has 17 heavy (non-hydrogen) atoms. The number of aromatic nitrogens is 2. The molecule has 86 valence electrons. The normalized spacial score (nSPS) is 9.88. The van der Waals surface area contributed by atoms with Gasteiger partial charge < -0.3 is 5.32 Å². The number of rotatable bonds is 4. The van der Waals surface area contributed by atoms with E-state index in [4.69, 9.17) is 5.26 Å². The van der Waals surface area contributed by atoms with Crippen molar-refractivity contribution in [2.45, 2.75) is 6.54 Å². The van der Waals surface area contributed by atoms with Gasteiger partial charge >= 0.3 is 0 Å². The Kier molecular flexibility index (Phi) is 3.36. The summed E-state index contributed by atoms with van der Waals surface area (Å²) in [7, 11) is 0. The van der Waals surface area contributed by atoms with Crippen LogP contribution in [0.15, 0.2) is 36.7 Å². The van der Waals surface area contributed by atoms with E-state index in [0.717, 1.165) is 5.69 Å². The van der Waals surface area contributed by atoms with Gasteiger partial charge in [0.2, 0.25) is 0 Å². The van der Waals surface area contributed by atoms with Crippen molar-refractivity contribution in [3.63, 3.8) is 0 Å². The van der Waals surface area contributed by atoms with Crippen molar-refractivity contribution >= 4 is 5.69 Å². The molecule has 0 aliphatic heterocycles. The number of nitrogens with one attached hydrogen (secondary N) is 1. The van der Waals surface area contributed by atoms with Gasteiger partial charge in [-0.3, -0.25) is 4.68 Å². The van der Waals surface area contributed by atoms with Gasteiger partial charge in [-0.05, 0) is 24.3 Å². The van der Waals surface area contributed by atoms with E-state index in [1.807, 2.05) is 18.3 Å². The highest BCUT2D eigenvalue weighted by atomic mass is 19.1. The van der Waals surface area contributed by atoms with Crippen molar-refractivity contribution in [2.75, 3.05) is 11.9 Å². The Hall–Kier alpha value is -2.35. The molecule has 0 saturated carbocycles. The van der Waals surface area contributed by atoms with Crippen LogP contribution in [0.2, 0.25) is 0 Å². The molecule has 2 rings (SSSR count). The summed E-state index contributed by atoms with van der Waals surface area (Å²) < 4.78 is 14.8. The van der Waals surface area contributed by atoms with E-state index in [1.165, 1.54) is 12.1 Å². The predicted octanol–water partition coefficient (Wildman–Crippen LogP) is 2.01. The zero-order valence-electron chi connectivity index (χ0n) is 9.10. The van der Waals surface area contributed by atoms with Crippen LogP contribution in [0, 0.1) is 17.1 Å². The zero-order valence-corrected chi connectivity index (χ0v) is 9.10. The molecule has 0 bridgehead atoms. The number of hydrogen-bond acceptors (Lipinski definition) is 3. The second-order valence-electron chi connectivity index (χ2n) is 3.50. The first kappa shape index (κ1) is 11.1. The largest absolute Gasteiger partial charge is 0.383 e. The molecule has 1 heterocycles. The maximum Gasteiger partial charge on any atom is 0.141 e. The lowest BCUT2D eigenvalue weighted by Crippen LogP contribution is -2.10. The van der Waals surface area contributed by atoms with Crippen molar-refractivity contribution in [2.24, 2.45) is 0 Å². The van der Waals surface area contributed by atoms with Crippen LogP contribution in [-0.2, 0) is 6.54 Å². The molecule has 1 aromatic carbocycles. The van der Waals surface area contributed by atoms with Crippen molar-refractivity contribution < 1.29 is 4.39 Å². The van der Waals surface area contributed by atoms with Gasteiger partial charge in [0.05, 0.1) is 12.1 Å². The van der Waals surface area contributed by atoms with E-state index in [9.17, 15) is 4.39 Å². The first-order valence-corrected chi connectivity index (χ1v) is 5.20. The van der Waals surface area contributed by atoms with E-state index in [2.05, 4.69) is 10.4 Å². The van der Waals surface area contributed by atoms with Crippen molar-refractivity contribution in [3.05, 3.63) is 48.0 Å². The first-order valence-electron chi connectivity index (χ1n) is 5.20. The van der Waals surface area contributed by atoms with Gasteiger partial charge in [-0.15, -0.1) is 0 Å². The standard InChI is InChI=1S/C12H11FN4/c13-12-3-2-11(8-10(12)9-14)15-5-7-17-6-1-4-16-17/h1-4,6,8,15H,5,7H2. The van der Waals surface area contributed by atoms with Crippen LogP contribution >= 0.6 is 0 Å². The molecular formula is C12H11FN4. The summed E-state index contributed by atoms with van der Waals surface area (Å²) >= 11 is 0. The summed E-state index contributed by atoms with van der Waals surface area (Å²) in [5, 5.41) is 15.9. The summed E-state index contributed by atoms with van der Waals surface area (Å²) in [6, 6.07) is 8.06. The number of hydrogen-bond donors (Lipinski definition) is 1. The molecule has 0 amide bonds. The van der Waals surface area contributed by atoms with Crippen LogP contribution in [-0.4, -0.2) is 16.3 Å². The molecule has 1 aromatic heterocycles. The lowest BCUT2D eigenvalue weighted by Gasteiger charge is -2.07. The Morgan fingerprint density at radius 3 is 3.06 bits per heavy atom. The van der Waals surface area contributed by atoms with E-state index in [-0.39, 0.29) is 5.56 Å². The molecule has 0 unspecified atom stereocenters. The summed E-state index contributed by atoms with van der Waals surface area (Å²) in [6.45, 7) is 1.38. The fraction of sp³-hybridized carbons (Fsp3) is 0.167.